The van der Waals surface area contributed by atoms with Gasteiger partial charge in [-0.1, -0.05) is 70.5 Å². The number of carbonyl (C=O) groups excluding carboxylic acids is 11. The maximum absolute atomic E-state index is 14.8. The highest BCUT2D eigenvalue weighted by molar-refractivity contribution is 8.76. The van der Waals surface area contributed by atoms with E-state index in [1.165, 1.54) is 53.4 Å². The Kier molecular flexibility index (Phi) is 30.7. The fourth-order valence-corrected chi connectivity index (χ4v) is 13.3. The van der Waals surface area contributed by atoms with E-state index >= 15 is 0 Å². The molecule has 3 aromatic carbocycles. The number of amides is 11. The van der Waals surface area contributed by atoms with E-state index in [0.29, 0.717) is 58.5 Å². The van der Waals surface area contributed by atoms with Gasteiger partial charge in [0, 0.05) is 86.8 Å². The van der Waals surface area contributed by atoms with Crippen LogP contribution in [-0.2, 0) is 76.8 Å². The lowest BCUT2D eigenvalue weighted by Gasteiger charge is -2.29. The third-order valence-corrected chi connectivity index (χ3v) is 18.6. The lowest BCUT2D eigenvalue weighted by molar-refractivity contribution is -0.152. The number of fused-ring (bicyclic) bond motifs is 1. The number of aromatic amines is 1. The van der Waals surface area contributed by atoms with Crippen LogP contribution in [0.3, 0.4) is 0 Å². The number of phenolic OH excluding ortho intramolecular Hbond substituents is 2. The topological polar surface area (TPSA) is 471 Å². The summed E-state index contributed by atoms with van der Waals surface area (Å²) >= 11 is 0. The van der Waals surface area contributed by atoms with E-state index in [4.69, 9.17) is 17.2 Å². The van der Waals surface area contributed by atoms with Crippen molar-refractivity contribution in [2.75, 3.05) is 37.7 Å². The van der Waals surface area contributed by atoms with Gasteiger partial charge in [0.1, 0.15) is 65.9 Å². The number of likely N-dealkylation sites (tertiary alicyclic amines) is 1. The first-order valence-electron chi connectivity index (χ1n) is 32.0. The standard InChI is InChI=1S/C64H85F3N14O15S2/c65-64(66,67)32-48-61(94)76-45(29-36-14-18-39(82)19-15-36)58(91)74-43(11-5-6-25-68)56(89)71-27-7-1-2-13-52(84)73-47(31-38-33-72-42-10-4-3-9-41(38)42)60(93)75-44(22-23-54(86)87)57(90)79-49(55(70)88)34-97-98-35-50(62(95)78-48)80-59(92)46(30-37-16-20-40(83)21-17-37)77-63(96)51-12-8-28-81(51)53(85)24-26-69/h3-4,9-10,14-21,33,43-51,72,82-83H,1-2,5-8,11-13,22-32,34-35,68-69H2,(H2,70,88)(H,71,89)(H,73,84)(H,74,91)(H,75,93)(H,76,94)(H,77,96)(H,78,95)(H,79,90)(H,80,92)(H,86,87)/t43-,44-,45-,46-,47-,48-,49-,50-,51-/m0/s1. The number of hydrogen-bond donors (Lipinski definition) is 16. The van der Waals surface area contributed by atoms with Crippen LogP contribution in [0.4, 0.5) is 13.2 Å². The van der Waals surface area contributed by atoms with Crippen molar-refractivity contribution in [2.45, 2.75) is 163 Å². The Morgan fingerprint density at radius 1 is 0.653 bits per heavy atom. The molecule has 98 heavy (non-hydrogen) atoms. The predicted molar refractivity (Wildman–Crippen MR) is 356 cm³/mol. The summed E-state index contributed by atoms with van der Waals surface area (Å²) < 4.78 is 44.3. The Balaban J connectivity index is 1.38. The minimum Gasteiger partial charge on any atom is -0.508 e. The van der Waals surface area contributed by atoms with Crippen LogP contribution in [0.2, 0.25) is 0 Å². The number of rotatable bonds is 21. The van der Waals surface area contributed by atoms with Crippen LogP contribution in [0, 0.1) is 0 Å². The van der Waals surface area contributed by atoms with Crippen molar-refractivity contribution in [3.63, 3.8) is 0 Å². The maximum Gasteiger partial charge on any atom is 0.391 e. The molecule has 0 radical (unpaired) electrons. The Morgan fingerprint density at radius 3 is 1.92 bits per heavy atom. The number of halogens is 3. The molecule has 0 aliphatic carbocycles. The van der Waals surface area contributed by atoms with Gasteiger partial charge in [-0.2, -0.15) is 13.2 Å². The van der Waals surface area contributed by atoms with Gasteiger partial charge in [0.05, 0.1) is 6.42 Å². The fraction of sp³-hybridized carbons (Fsp3) is 0.500. The largest absolute Gasteiger partial charge is 0.508 e. The highest BCUT2D eigenvalue weighted by Gasteiger charge is 2.41. The maximum atomic E-state index is 14.8. The molecule has 11 amide bonds. The van der Waals surface area contributed by atoms with E-state index in [2.05, 4.69) is 52.8 Å². The van der Waals surface area contributed by atoms with Crippen molar-refractivity contribution >= 4 is 103 Å². The van der Waals surface area contributed by atoms with Gasteiger partial charge in [-0.25, -0.2) is 0 Å². The number of primary amides is 1. The predicted octanol–water partition coefficient (Wildman–Crippen LogP) is 0.328. The van der Waals surface area contributed by atoms with Crippen molar-refractivity contribution in [3.05, 3.63) is 95.7 Å². The van der Waals surface area contributed by atoms with Crippen LogP contribution in [0.5, 0.6) is 11.5 Å². The molecule has 6 rings (SSSR count). The summed E-state index contributed by atoms with van der Waals surface area (Å²) in [6.07, 6.45) is -5.86. The van der Waals surface area contributed by atoms with Crippen LogP contribution < -0.4 is 65.1 Å². The molecule has 2 aliphatic heterocycles. The normalized spacial score (nSPS) is 22.3. The van der Waals surface area contributed by atoms with Gasteiger partial charge in [0.15, 0.2) is 0 Å². The number of carbonyl (C=O) groups is 12. The van der Waals surface area contributed by atoms with E-state index < -0.39 is 169 Å². The lowest BCUT2D eigenvalue weighted by Crippen LogP contribution is -2.61. The monoisotopic (exact) mass is 1410 g/mol. The number of benzene rings is 3. The number of aromatic nitrogens is 1. The third-order valence-electron chi connectivity index (χ3n) is 16.2. The molecule has 19 N–H and O–H groups in total. The first-order valence-corrected chi connectivity index (χ1v) is 34.5. The number of phenols is 2. The zero-order valence-electron chi connectivity index (χ0n) is 53.6. The molecule has 2 aliphatic rings. The number of unbranched alkanes of at least 4 members (excludes halogenated alkanes) is 1. The van der Waals surface area contributed by atoms with Gasteiger partial charge in [-0.15, -0.1) is 0 Å². The smallest absolute Gasteiger partial charge is 0.391 e. The molecule has 3 heterocycles. The lowest BCUT2D eigenvalue weighted by atomic mass is 10.0. The number of aromatic hydroxyl groups is 2. The first-order chi connectivity index (χ1) is 46.7. The van der Waals surface area contributed by atoms with Crippen LogP contribution in [0.1, 0.15) is 100 Å². The molecule has 0 bridgehead atoms. The Labute approximate surface area is 570 Å². The average molecular weight is 1410 g/mol. The summed E-state index contributed by atoms with van der Waals surface area (Å²) in [5.74, 6) is -13.7. The van der Waals surface area contributed by atoms with E-state index in [1.807, 2.05) is 0 Å². The number of alkyl halides is 3. The summed E-state index contributed by atoms with van der Waals surface area (Å²) in [4.78, 5) is 171. The highest BCUT2D eigenvalue weighted by Crippen LogP contribution is 2.27. The van der Waals surface area contributed by atoms with Gasteiger partial charge in [-0.3, -0.25) is 57.5 Å². The average Bonchev–Trinajstić information content (AvgIpc) is 1.62. The molecule has 29 nitrogen and oxygen atoms in total. The number of para-hydroxylation sites is 1. The van der Waals surface area contributed by atoms with Crippen molar-refractivity contribution in [1.29, 1.82) is 0 Å². The van der Waals surface area contributed by atoms with Crippen LogP contribution in [0.25, 0.3) is 10.9 Å². The molecular weight excluding hydrogens is 1330 g/mol. The number of aliphatic carboxylic acids is 1. The molecule has 0 spiro atoms. The fourth-order valence-electron chi connectivity index (χ4n) is 10.9. The summed E-state index contributed by atoms with van der Waals surface area (Å²) in [7, 11) is 1.42. The van der Waals surface area contributed by atoms with Crippen LogP contribution in [-0.4, -0.2) is 194 Å². The molecular formula is C64H85F3N14O15S2. The van der Waals surface area contributed by atoms with Crippen molar-refractivity contribution in [1.82, 2.24) is 57.7 Å². The Hall–Kier alpha value is -9.15. The molecule has 4 aromatic rings. The number of hydrogen-bond acceptors (Lipinski definition) is 18. The first kappa shape index (κ1) is 77.9. The molecule has 1 aromatic heterocycles. The number of nitrogens with two attached hydrogens (primary N) is 3. The van der Waals surface area contributed by atoms with E-state index in [9.17, 15) is 86.0 Å². The second-order valence-corrected chi connectivity index (χ2v) is 26.3. The van der Waals surface area contributed by atoms with E-state index in [-0.39, 0.29) is 94.6 Å². The zero-order chi connectivity index (χ0) is 71.5. The van der Waals surface area contributed by atoms with Gasteiger partial charge in [0.25, 0.3) is 0 Å². The Morgan fingerprint density at radius 2 is 1.27 bits per heavy atom. The number of nitrogens with zero attached hydrogens (tertiary/aromatic N) is 1. The number of carboxylic acid groups (broad SMARTS) is 1. The molecule has 0 unspecified atom stereocenters. The van der Waals surface area contributed by atoms with Crippen molar-refractivity contribution < 1.29 is 86.0 Å². The number of nitrogens with one attached hydrogen (secondary N) is 10. The summed E-state index contributed by atoms with van der Waals surface area (Å²) in [6, 6.07) is 2.74. The Bertz CT molecular complexity index is 3420. The second-order valence-electron chi connectivity index (χ2n) is 23.7. The van der Waals surface area contributed by atoms with E-state index in [0.717, 1.165) is 10.8 Å². The second kappa shape index (κ2) is 38.7. The SMILES string of the molecule is NCCCC[C@@H]1NC(=O)[C@H](Cc2ccc(O)cc2)NC(=O)[C@H](CC(F)(F)F)NC(=O)[C@@H](NC(=O)[C@H](Cc2ccc(O)cc2)NC(=O)[C@@H]2CCCN2C(=O)CCN)CSSC[C@@H](C(N)=O)NC(=O)[C@H](CCC(=O)O)NC(=O)[C@H](Cc2c[nH]c3ccccc23)NC(=O)CCCCCNC1=O. The van der Waals surface area contributed by atoms with Gasteiger partial charge in [0.2, 0.25) is 65.0 Å². The molecule has 2 saturated heterocycles. The van der Waals surface area contributed by atoms with Gasteiger partial charge in [-0.05, 0) is 105 Å². The molecule has 9 atom stereocenters. The molecule has 534 valence electrons. The van der Waals surface area contributed by atoms with Crippen molar-refractivity contribution in [3.8, 4) is 11.5 Å². The zero-order valence-corrected chi connectivity index (χ0v) is 55.3. The number of H-pyrrole nitrogens is 1. The molecule has 0 saturated carbocycles. The van der Waals surface area contributed by atoms with Crippen molar-refractivity contribution in [2.24, 2.45) is 17.2 Å². The van der Waals surface area contributed by atoms with Gasteiger partial charge < -0.3 is 90.3 Å². The minimum absolute atomic E-state index is 0.000584. The summed E-state index contributed by atoms with van der Waals surface area (Å²) in [5, 5.41) is 53.0. The third kappa shape index (κ3) is 25.4. The minimum atomic E-state index is -5.22. The van der Waals surface area contributed by atoms with Gasteiger partial charge >= 0.3 is 12.1 Å². The molecule has 2 fully saturated rings. The summed E-state index contributed by atoms with van der Waals surface area (Å²) in [6.45, 7) is 0.369. The quantitative estimate of drug-likeness (QED) is 0.0395. The molecule has 34 heteroatoms. The number of carboxylic acids is 1. The van der Waals surface area contributed by atoms with Crippen LogP contribution in [0.15, 0.2) is 79.0 Å². The van der Waals surface area contributed by atoms with E-state index in [1.54, 1.807) is 30.5 Å². The summed E-state index contributed by atoms with van der Waals surface area (Å²) in [5.41, 5.74) is 19.1. The highest BCUT2D eigenvalue weighted by atomic mass is 33.1. The van der Waals surface area contributed by atoms with Crippen LogP contribution >= 0.6 is 21.6 Å².